The second kappa shape index (κ2) is 5.50. The Hall–Kier alpha value is -1.22. The Morgan fingerprint density at radius 1 is 1.29 bits per heavy atom. The summed E-state index contributed by atoms with van der Waals surface area (Å²) in [6.45, 7) is 0. The van der Waals surface area contributed by atoms with E-state index in [0.717, 1.165) is 0 Å². The molecule has 0 unspecified atom stereocenters. The van der Waals surface area contributed by atoms with Crippen LogP contribution in [0.4, 0.5) is 10.5 Å². The number of hydrogen-bond acceptors (Lipinski definition) is 1. The van der Waals surface area contributed by atoms with Crippen molar-refractivity contribution >= 4 is 23.3 Å². The van der Waals surface area contributed by atoms with E-state index < -0.39 is 6.03 Å². The van der Waals surface area contributed by atoms with Crippen molar-refractivity contribution in [3.05, 3.63) is 29.3 Å². The largest absolute Gasteiger partial charge is 0.351 e. The van der Waals surface area contributed by atoms with Gasteiger partial charge in [-0.05, 0) is 12.1 Å². The number of benzene rings is 1. The highest BCUT2D eigenvalue weighted by atomic mass is 35.5. The molecule has 2 rings (SSSR count). The van der Waals surface area contributed by atoms with Gasteiger partial charge in [-0.25, -0.2) is 4.79 Å². The van der Waals surface area contributed by atoms with E-state index in [0.29, 0.717) is 10.7 Å². The van der Waals surface area contributed by atoms with Crippen LogP contribution in [-0.2, 0) is 0 Å². The molecule has 1 aromatic carbocycles. The number of amides is 2. The number of primary amides is 1. The average molecular weight is 213 g/mol. The minimum Gasteiger partial charge on any atom is -0.351 e. The van der Waals surface area contributed by atoms with Crippen molar-refractivity contribution in [2.75, 3.05) is 5.32 Å². The second-order valence-electron chi connectivity index (χ2n) is 3.03. The predicted octanol–water partition coefficient (Wildman–Crippen LogP) is 3.00. The molecule has 0 aliphatic heterocycles. The van der Waals surface area contributed by atoms with Crippen molar-refractivity contribution in [1.29, 1.82) is 0 Å². The third-order valence-corrected chi connectivity index (χ3v) is 1.81. The molecule has 1 aliphatic rings. The summed E-state index contributed by atoms with van der Waals surface area (Å²) >= 11 is 5.70. The van der Waals surface area contributed by atoms with Crippen molar-refractivity contribution in [3.63, 3.8) is 0 Å². The first-order chi connectivity index (χ1) is 6.70. The molecule has 0 aromatic heterocycles. The molecule has 0 heterocycles. The molecule has 0 bridgehead atoms. The fourth-order valence-electron chi connectivity index (χ4n) is 0.695. The number of anilines is 1. The number of nitrogens with one attached hydrogen (secondary N) is 1. The number of nitrogens with two attached hydrogens (primary N) is 1. The maximum Gasteiger partial charge on any atom is 0.316 e. The molecule has 14 heavy (non-hydrogen) atoms. The van der Waals surface area contributed by atoms with Gasteiger partial charge in [-0.15, -0.1) is 0 Å². The quantitative estimate of drug-likeness (QED) is 0.739. The first-order valence-corrected chi connectivity index (χ1v) is 4.89. The SMILES string of the molecule is C1CC1.NC(=O)Nc1ccccc1Cl. The molecule has 2 amide bonds. The lowest BCUT2D eigenvalue weighted by atomic mass is 10.3. The van der Waals surface area contributed by atoms with E-state index in [1.807, 2.05) is 0 Å². The van der Waals surface area contributed by atoms with E-state index in [1.54, 1.807) is 24.3 Å². The molecule has 3 N–H and O–H groups in total. The van der Waals surface area contributed by atoms with Crippen molar-refractivity contribution in [3.8, 4) is 0 Å². The molecule has 0 atom stereocenters. The zero-order chi connectivity index (χ0) is 10.4. The normalized spacial score (nSPS) is 12.4. The zero-order valence-corrected chi connectivity index (χ0v) is 8.55. The standard InChI is InChI=1S/C7H7ClN2O.C3H6/c8-5-3-1-2-4-6(5)10-7(9)11;1-2-3-1/h1-4H,(H3,9,10,11);1-3H2. The van der Waals surface area contributed by atoms with Gasteiger partial charge >= 0.3 is 6.03 Å². The third kappa shape index (κ3) is 4.72. The van der Waals surface area contributed by atoms with Gasteiger partial charge in [-0.1, -0.05) is 43.0 Å². The van der Waals surface area contributed by atoms with Crippen molar-refractivity contribution in [2.24, 2.45) is 5.73 Å². The van der Waals surface area contributed by atoms with Crippen LogP contribution in [-0.4, -0.2) is 6.03 Å². The van der Waals surface area contributed by atoms with Crippen LogP contribution in [0.1, 0.15) is 19.3 Å². The van der Waals surface area contributed by atoms with Gasteiger partial charge in [0.05, 0.1) is 10.7 Å². The van der Waals surface area contributed by atoms with Gasteiger partial charge in [0.15, 0.2) is 0 Å². The van der Waals surface area contributed by atoms with E-state index in [9.17, 15) is 4.79 Å². The maximum atomic E-state index is 10.4. The average Bonchev–Trinajstić information content (AvgIpc) is 2.94. The molecule has 3 nitrogen and oxygen atoms in total. The van der Waals surface area contributed by atoms with Gasteiger partial charge in [0.25, 0.3) is 0 Å². The predicted molar refractivity (Wildman–Crippen MR) is 58.5 cm³/mol. The number of urea groups is 1. The number of rotatable bonds is 1. The lowest BCUT2D eigenvalue weighted by molar-refractivity contribution is 0.259. The van der Waals surface area contributed by atoms with Crippen LogP contribution in [0, 0.1) is 0 Å². The molecule has 1 aliphatic carbocycles. The van der Waals surface area contributed by atoms with Gasteiger partial charge < -0.3 is 11.1 Å². The molecule has 1 aromatic rings. The highest BCUT2D eigenvalue weighted by Crippen LogP contribution is 2.19. The number of hydrogen-bond donors (Lipinski definition) is 2. The highest BCUT2D eigenvalue weighted by molar-refractivity contribution is 6.33. The fourth-order valence-corrected chi connectivity index (χ4v) is 0.878. The summed E-state index contributed by atoms with van der Waals surface area (Å²) in [5, 5.41) is 2.86. The molecule has 0 radical (unpaired) electrons. The summed E-state index contributed by atoms with van der Waals surface area (Å²) in [5.41, 5.74) is 5.41. The van der Waals surface area contributed by atoms with E-state index in [1.165, 1.54) is 19.3 Å². The molecule has 0 spiro atoms. The fraction of sp³-hybridized carbons (Fsp3) is 0.300. The third-order valence-electron chi connectivity index (χ3n) is 1.49. The molecule has 0 saturated heterocycles. The van der Waals surface area contributed by atoms with Crippen LogP contribution in [0.3, 0.4) is 0 Å². The van der Waals surface area contributed by atoms with Gasteiger partial charge in [0.1, 0.15) is 0 Å². The summed E-state index contributed by atoms with van der Waals surface area (Å²) in [4.78, 5) is 10.4. The minimum absolute atomic E-state index is 0.478. The lowest BCUT2D eigenvalue weighted by Crippen LogP contribution is -2.19. The van der Waals surface area contributed by atoms with Gasteiger partial charge in [-0.3, -0.25) is 0 Å². The summed E-state index contributed by atoms with van der Waals surface area (Å²) in [6, 6.07) is 6.27. The van der Waals surface area contributed by atoms with Crippen molar-refractivity contribution in [2.45, 2.75) is 19.3 Å². The van der Waals surface area contributed by atoms with Gasteiger partial charge in [0.2, 0.25) is 0 Å². The minimum atomic E-state index is -0.613. The first kappa shape index (κ1) is 10.9. The Kier molecular flexibility index (Phi) is 4.26. The topological polar surface area (TPSA) is 55.1 Å². The summed E-state index contributed by atoms with van der Waals surface area (Å²) in [5.74, 6) is 0. The smallest absolute Gasteiger partial charge is 0.316 e. The molecular weight excluding hydrogens is 200 g/mol. The van der Waals surface area contributed by atoms with Crippen LogP contribution in [0.25, 0.3) is 0 Å². The Morgan fingerprint density at radius 2 is 1.86 bits per heavy atom. The molecular formula is C10H13ClN2O. The van der Waals surface area contributed by atoms with Crippen LogP contribution in [0.2, 0.25) is 5.02 Å². The Balaban J connectivity index is 0.000000276. The number of para-hydroxylation sites is 1. The Labute approximate surface area is 88.2 Å². The number of carbonyl (C=O) groups excluding carboxylic acids is 1. The first-order valence-electron chi connectivity index (χ1n) is 4.51. The molecule has 76 valence electrons. The Bertz CT molecular complexity index is 310. The maximum absolute atomic E-state index is 10.4. The Morgan fingerprint density at radius 3 is 2.29 bits per heavy atom. The van der Waals surface area contributed by atoms with E-state index in [-0.39, 0.29) is 0 Å². The van der Waals surface area contributed by atoms with E-state index >= 15 is 0 Å². The monoisotopic (exact) mass is 212 g/mol. The highest BCUT2D eigenvalue weighted by Gasteiger charge is 1.98. The molecule has 1 saturated carbocycles. The molecule has 4 heteroatoms. The van der Waals surface area contributed by atoms with Crippen LogP contribution in [0.15, 0.2) is 24.3 Å². The van der Waals surface area contributed by atoms with Crippen molar-refractivity contribution < 1.29 is 4.79 Å². The number of carbonyl (C=O) groups is 1. The van der Waals surface area contributed by atoms with Gasteiger partial charge in [0, 0.05) is 0 Å². The van der Waals surface area contributed by atoms with E-state index in [2.05, 4.69) is 5.32 Å². The zero-order valence-electron chi connectivity index (χ0n) is 7.79. The molecule has 1 fully saturated rings. The lowest BCUT2D eigenvalue weighted by Gasteiger charge is -2.01. The summed E-state index contributed by atoms with van der Waals surface area (Å²) in [7, 11) is 0. The van der Waals surface area contributed by atoms with Crippen LogP contribution >= 0.6 is 11.6 Å². The van der Waals surface area contributed by atoms with Crippen LogP contribution in [0.5, 0.6) is 0 Å². The van der Waals surface area contributed by atoms with E-state index in [4.69, 9.17) is 17.3 Å². The number of halogens is 1. The second-order valence-corrected chi connectivity index (χ2v) is 3.44. The summed E-state index contributed by atoms with van der Waals surface area (Å²) in [6.07, 6.45) is 4.50. The van der Waals surface area contributed by atoms with Gasteiger partial charge in [-0.2, -0.15) is 0 Å². The van der Waals surface area contributed by atoms with Crippen LogP contribution < -0.4 is 11.1 Å². The van der Waals surface area contributed by atoms with Crippen molar-refractivity contribution in [1.82, 2.24) is 0 Å². The summed E-state index contributed by atoms with van der Waals surface area (Å²) < 4.78 is 0.